The quantitative estimate of drug-likeness (QED) is 0.833. The molecule has 5 nitrogen and oxygen atoms in total. The number of hydrogen-bond donors (Lipinski definition) is 1. The van der Waals surface area contributed by atoms with Crippen LogP contribution in [0.1, 0.15) is 16.1 Å². The summed E-state index contributed by atoms with van der Waals surface area (Å²) in [5, 5.41) is 5.39. The van der Waals surface area contributed by atoms with Gasteiger partial charge in [0.1, 0.15) is 0 Å². The molecule has 88 valence electrons. The maximum Gasteiger partial charge on any atom is 0.275 e. The van der Waals surface area contributed by atoms with E-state index in [-0.39, 0.29) is 5.91 Å². The first kappa shape index (κ1) is 11.5. The summed E-state index contributed by atoms with van der Waals surface area (Å²) in [7, 11) is 1.73. The zero-order valence-corrected chi connectivity index (χ0v) is 10.1. The molecule has 6 heteroatoms. The molecule has 0 bridgehead atoms. The van der Waals surface area contributed by atoms with Crippen LogP contribution in [0.15, 0.2) is 29.6 Å². The topological polar surface area (TPSA) is 72.1 Å². The van der Waals surface area contributed by atoms with Crippen molar-refractivity contribution in [3.05, 3.63) is 40.9 Å². The molecule has 0 unspecified atom stereocenters. The molecule has 0 radical (unpaired) electrons. The van der Waals surface area contributed by atoms with Crippen molar-refractivity contribution in [3.63, 3.8) is 0 Å². The Labute approximate surface area is 103 Å². The second-order valence-electron chi connectivity index (χ2n) is 3.69. The number of benzene rings is 1. The minimum Gasteiger partial charge on any atom is -0.399 e. The molecule has 0 spiro atoms. The van der Waals surface area contributed by atoms with E-state index in [0.29, 0.717) is 17.9 Å². The molecule has 0 aliphatic heterocycles. The summed E-state index contributed by atoms with van der Waals surface area (Å²) in [6.45, 7) is 0.524. The first-order valence-electron chi connectivity index (χ1n) is 5.04. The Balaban J connectivity index is 2.04. The third-order valence-electron chi connectivity index (χ3n) is 2.33. The Morgan fingerprint density at radius 2 is 2.12 bits per heavy atom. The van der Waals surface area contributed by atoms with E-state index in [1.165, 1.54) is 11.5 Å². The Morgan fingerprint density at radius 1 is 1.41 bits per heavy atom. The highest BCUT2D eigenvalue weighted by Gasteiger charge is 2.14. The standard InChI is InChI=1S/C11H12N4OS/c1-15(11(16)10-7-17-14-13-10)6-8-2-4-9(12)5-3-8/h2-5,7H,6,12H2,1H3. The highest BCUT2D eigenvalue weighted by atomic mass is 32.1. The molecule has 1 heterocycles. The zero-order chi connectivity index (χ0) is 12.3. The number of amides is 1. The third kappa shape index (κ3) is 2.79. The molecule has 1 aromatic carbocycles. The maximum absolute atomic E-state index is 11.9. The first-order valence-corrected chi connectivity index (χ1v) is 5.87. The van der Waals surface area contributed by atoms with Crippen LogP contribution in [0.3, 0.4) is 0 Å². The average Bonchev–Trinajstić information content (AvgIpc) is 2.84. The van der Waals surface area contributed by atoms with E-state index >= 15 is 0 Å². The number of nitrogens with zero attached hydrogens (tertiary/aromatic N) is 3. The summed E-state index contributed by atoms with van der Waals surface area (Å²) in [5.74, 6) is -0.129. The van der Waals surface area contributed by atoms with Crippen LogP contribution < -0.4 is 5.73 Å². The van der Waals surface area contributed by atoms with Gasteiger partial charge >= 0.3 is 0 Å². The van der Waals surface area contributed by atoms with Gasteiger partial charge in [-0.25, -0.2) is 0 Å². The highest BCUT2D eigenvalue weighted by molar-refractivity contribution is 7.03. The van der Waals surface area contributed by atoms with E-state index in [9.17, 15) is 4.79 Å². The van der Waals surface area contributed by atoms with Crippen molar-refractivity contribution in [1.82, 2.24) is 14.5 Å². The van der Waals surface area contributed by atoms with Crippen molar-refractivity contribution >= 4 is 23.1 Å². The van der Waals surface area contributed by atoms with Crippen molar-refractivity contribution in [1.29, 1.82) is 0 Å². The Hall–Kier alpha value is -1.95. The fraction of sp³-hybridized carbons (Fsp3) is 0.182. The SMILES string of the molecule is CN(Cc1ccc(N)cc1)C(=O)c1csnn1. The smallest absolute Gasteiger partial charge is 0.275 e. The summed E-state index contributed by atoms with van der Waals surface area (Å²) in [6, 6.07) is 7.44. The summed E-state index contributed by atoms with van der Waals surface area (Å²) >= 11 is 1.17. The number of nitrogens with two attached hydrogens (primary N) is 1. The summed E-state index contributed by atoms with van der Waals surface area (Å²) in [6.07, 6.45) is 0. The molecule has 2 N–H and O–H groups in total. The third-order valence-corrected chi connectivity index (χ3v) is 2.83. The van der Waals surface area contributed by atoms with Gasteiger partial charge in [-0.3, -0.25) is 4.79 Å². The summed E-state index contributed by atoms with van der Waals surface area (Å²) in [4.78, 5) is 13.5. The Morgan fingerprint density at radius 3 is 2.71 bits per heavy atom. The number of aromatic nitrogens is 2. The van der Waals surface area contributed by atoms with Crippen LogP contribution in [0.5, 0.6) is 0 Å². The minimum atomic E-state index is -0.129. The lowest BCUT2D eigenvalue weighted by atomic mass is 10.2. The zero-order valence-electron chi connectivity index (χ0n) is 9.33. The maximum atomic E-state index is 11.9. The predicted molar refractivity (Wildman–Crippen MR) is 66.6 cm³/mol. The number of carbonyl (C=O) groups excluding carboxylic acids is 1. The van der Waals surface area contributed by atoms with Gasteiger partial charge in [0, 0.05) is 24.7 Å². The van der Waals surface area contributed by atoms with Crippen LogP contribution in [0.4, 0.5) is 5.69 Å². The second-order valence-corrected chi connectivity index (χ2v) is 4.30. The van der Waals surface area contributed by atoms with Crippen LogP contribution in [0.25, 0.3) is 0 Å². The molecule has 1 amide bonds. The van der Waals surface area contributed by atoms with E-state index < -0.39 is 0 Å². The number of anilines is 1. The molecular weight excluding hydrogens is 236 g/mol. The predicted octanol–water partition coefficient (Wildman–Crippen LogP) is 1.39. The van der Waals surface area contributed by atoms with Crippen molar-refractivity contribution in [2.45, 2.75) is 6.54 Å². The van der Waals surface area contributed by atoms with E-state index in [1.54, 1.807) is 17.3 Å². The lowest BCUT2D eigenvalue weighted by Gasteiger charge is -2.15. The fourth-order valence-corrected chi connectivity index (χ4v) is 1.85. The molecular formula is C11H12N4OS. The van der Waals surface area contributed by atoms with E-state index in [0.717, 1.165) is 5.56 Å². The van der Waals surface area contributed by atoms with Gasteiger partial charge in [-0.1, -0.05) is 16.6 Å². The molecule has 2 rings (SSSR count). The monoisotopic (exact) mass is 248 g/mol. The van der Waals surface area contributed by atoms with Gasteiger partial charge < -0.3 is 10.6 Å². The van der Waals surface area contributed by atoms with Gasteiger partial charge in [-0.15, -0.1) is 5.10 Å². The number of hydrogen-bond acceptors (Lipinski definition) is 5. The van der Waals surface area contributed by atoms with Gasteiger partial charge in [0.15, 0.2) is 5.69 Å². The molecule has 0 aliphatic carbocycles. The molecule has 2 aromatic rings. The van der Waals surface area contributed by atoms with Crippen LogP contribution >= 0.6 is 11.5 Å². The molecule has 0 saturated heterocycles. The molecule has 0 saturated carbocycles. The van der Waals surface area contributed by atoms with Gasteiger partial charge in [-0.05, 0) is 29.2 Å². The van der Waals surface area contributed by atoms with E-state index in [4.69, 9.17) is 5.73 Å². The normalized spacial score (nSPS) is 10.2. The van der Waals surface area contributed by atoms with E-state index in [1.807, 2.05) is 24.3 Å². The fourth-order valence-electron chi connectivity index (χ4n) is 1.42. The van der Waals surface area contributed by atoms with Crippen molar-refractivity contribution in [2.75, 3.05) is 12.8 Å². The van der Waals surface area contributed by atoms with Crippen LogP contribution in [-0.4, -0.2) is 27.4 Å². The Bertz CT molecular complexity index is 495. The minimum absolute atomic E-state index is 0.129. The molecule has 0 aliphatic rings. The number of nitrogen functional groups attached to an aromatic ring is 1. The lowest BCUT2D eigenvalue weighted by molar-refractivity contribution is 0.0779. The molecule has 17 heavy (non-hydrogen) atoms. The lowest BCUT2D eigenvalue weighted by Crippen LogP contribution is -2.26. The largest absolute Gasteiger partial charge is 0.399 e. The van der Waals surface area contributed by atoms with Gasteiger partial charge in [-0.2, -0.15) is 0 Å². The van der Waals surface area contributed by atoms with Crippen molar-refractivity contribution < 1.29 is 4.79 Å². The first-order chi connectivity index (χ1) is 8.16. The van der Waals surface area contributed by atoms with Crippen LogP contribution in [0.2, 0.25) is 0 Å². The van der Waals surface area contributed by atoms with Crippen molar-refractivity contribution in [2.24, 2.45) is 0 Å². The molecule has 0 atom stereocenters. The highest BCUT2D eigenvalue weighted by Crippen LogP contribution is 2.09. The van der Waals surface area contributed by atoms with Gasteiger partial charge in [0.2, 0.25) is 0 Å². The second kappa shape index (κ2) is 4.92. The molecule has 1 aromatic heterocycles. The van der Waals surface area contributed by atoms with E-state index in [2.05, 4.69) is 9.59 Å². The van der Waals surface area contributed by atoms with Crippen molar-refractivity contribution in [3.8, 4) is 0 Å². The summed E-state index contributed by atoms with van der Waals surface area (Å²) in [5.41, 5.74) is 7.72. The number of rotatable bonds is 3. The van der Waals surface area contributed by atoms with Crippen LogP contribution in [0, 0.1) is 0 Å². The average molecular weight is 248 g/mol. The summed E-state index contributed by atoms with van der Waals surface area (Å²) < 4.78 is 3.67. The molecule has 0 fully saturated rings. The van der Waals surface area contributed by atoms with Gasteiger partial charge in [0.25, 0.3) is 5.91 Å². The van der Waals surface area contributed by atoms with Crippen LogP contribution in [-0.2, 0) is 6.54 Å². The number of carbonyl (C=O) groups is 1. The van der Waals surface area contributed by atoms with Gasteiger partial charge in [0.05, 0.1) is 0 Å². The Kier molecular flexibility index (Phi) is 3.34.